The van der Waals surface area contributed by atoms with Crippen molar-refractivity contribution in [2.45, 2.75) is 46.3 Å². The van der Waals surface area contributed by atoms with Crippen LogP contribution in [-0.4, -0.2) is 74.3 Å². The van der Waals surface area contributed by atoms with Crippen LogP contribution in [-0.2, 0) is 21.3 Å². The third-order valence-corrected chi connectivity index (χ3v) is 7.94. The molecule has 0 atom stereocenters. The summed E-state index contributed by atoms with van der Waals surface area (Å²) in [5.74, 6) is 0.396. The molecule has 0 radical (unpaired) electrons. The molecule has 4 aromatic heterocycles. The van der Waals surface area contributed by atoms with Crippen molar-refractivity contribution in [3.05, 3.63) is 60.8 Å². The summed E-state index contributed by atoms with van der Waals surface area (Å²) >= 11 is 0. The van der Waals surface area contributed by atoms with E-state index in [0.29, 0.717) is 51.5 Å². The van der Waals surface area contributed by atoms with E-state index in [1.54, 1.807) is 72.2 Å². The van der Waals surface area contributed by atoms with Crippen LogP contribution in [0.4, 0.5) is 10.5 Å². The lowest BCUT2D eigenvalue weighted by Gasteiger charge is -2.24. The smallest absolute Gasteiger partial charge is 0.410 e. The molecular weight excluding hydrogens is 572 g/mol. The normalized spacial score (nSPS) is 12.0. The predicted octanol–water partition coefficient (Wildman–Crippen LogP) is 4.66. The van der Waals surface area contributed by atoms with Crippen LogP contribution >= 0.6 is 0 Å². The highest BCUT2D eigenvalue weighted by molar-refractivity contribution is 7.92. The summed E-state index contributed by atoms with van der Waals surface area (Å²) in [5, 5.41) is 9.97. The molecule has 13 nitrogen and oxygen atoms in total. The molecule has 0 saturated carbocycles. The first-order valence-electron chi connectivity index (χ1n) is 13.7. The van der Waals surface area contributed by atoms with Crippen LogP contribution in [0, 0.1) is 0 Å². The number of nitrogens with zero attached hydrogens (tertiary/aromatic N) is 7. The van der Waals surface area contributed by atoms with Crippen LogP contribution < -0.4 is 9.46 Å². The number of rotatable bonds is 9. The summed E-state index contributed by atoms with van der Waals surface area (Å²) in [6.45, 7) is 7.37. The van der Waals surface area contributed by atoms with E-state index in [2.05, 4.69) is 14.8 Å². The summed E-state index contributed by atoms with van der Waals surface area (Å²) in [6.07, 6.45) is 6.90. The number of carbonyl (C=O) groups is 1. The third kappa shape index (κ3) is 6.38. The van der Waals surface area contributed by atoms with Gasteiger partial charge in [0, 0.05) is 37.1 Å². The van der Waals surface area contributed by atoms with Crippen molar-refractivity contribution >= 4 is 38.4 Å². The molecule has 1 amide bonds. The Morgan fingerprint density at radius 1 is 1.14 bits per heavy atom. The van der Waals surface area contributed by atoms with Crippen LogP contribution in [0.5, 0.6) is 5.75 Å². The molecule has 4 heterocycles. The van der Waals surface area contributed by atoms with E-state index in [0.717, 1.165) is 5.56 Å². The highest BCUT2D eigenvalue weighted by Gasteiger charge is 2.24. The van der Waals surface area contributed by atoms with Gasteiger partial charge in [-0.1, -0.05) is 6.92 Å². The lowest BCUT2D eigenvalue weighted by atomic mass is 10.1. The van der Waals surface area contributed by atoms with E-state index in [-0.39, 0.29) is 12.3 Å². The van der Waals surface area contributed by atoms with Gasteiger partial charge in [0.15, 0.2) is 5.65 Å². The van der Waals surface area contributed by atoms with Crippen molar-refractivity contribution in [2.75, 3.05) is 24.6 Å². The van der Waals surface area contributed by atoms with E-state index >= 15 is 0 Å². The van der Waals surface area contributed by atoms with Gasteiger partial charge in [-0.15, -0.1) is 0 Å². The summed E-state index contributed by atoms with van der Waals surface area (Å²) in [7, 11) is -0.355. The highest BCUT2D eigenvalue weighted by atomic mass is 32.2. The number of hydrogen-bond donors (Lipinski definition) is 1. The number of pyridine rings is 1. The number of sulfonamides is 1. The SMILES string of the molecule is CCCS(=O)(=O)Nc1ccc(-n2nc(CN(C)C(=O)OC(C)(C)C)c3cnc(-c4cnn5cccnc45)cc32)c(OC)c1. The molecule has 0 aliphatic carbocycles. The lowest BCUT2D eigenvalue weighted by Crippen LogP contribution is -2.34. The maximum atomic E-state index is 12.8. The van der Waals surface area contributed by atoms with Crippen LogP contribution in [0.25, 0.3) is 33.5 Å². The molecule has 43 heavy (non-hydrogen) atoms. The second kappa shape index (κ2) is 11.5. The van der Waals surface area contributed by atoms with E-state index in [9.17, 15) is 13.2 Å². The van der Waals surface area contributed by atoms with Crippen LogP contribution in [0.1, 0.15) is 39.8 Å². The van der Waals surface area contributed by atoms with Crippen molar-refractivity contribution in [1.29, 1.82) is 0 Å². The average Bonchev–Trinajstić information content (AvgIpc) is 3.53. The Kier molecular flexibility index (Phi) is 7.97. The zero-order valence-corrected chi connectivity index (χ0v) is 25.7. The summed E-state index contributed by atoms with van der Waals surface area (Å²) < 4.78 is 42.0. The van der Waals surface area contributed by atoms with Gasteiger partial charge in [0.05, 0.1) is 53.8 Å². The zero-order valence-electron chi connectivity index (χ0n) is 24.9. The second-order valence-corrected chi connectivity index (χ2v) is 12.9. The van der Waals surface area contributed by atoms with Gasteiger partial charge in [0.1, 0.15) is 17.0 Å². The molecule has 5 aromatic rings. The van der Waals surface area contributed by atoms with Gasteiger partial charge in [0.2, 0.25) is 10.0 Å². The molecule has 1 N–H and O–H groups in total. The van der Waals surface area contributed by atoms with Gasteiger partial charge in [0.25, 0.3) is 0 Å². The molecule has 226 valence electrons. The Hall–Kier alpha value is -4.72. The fourth-order valence-electron chi connectivity index (χ4n) is 4.57. The van der Waals surface area contributed by atoms with Gasteiger partial charge in [-0.25, -0.2) is 27.4 Å². The topological polar surface area (TPSA) is 146 Å². The number of aromatic nitrogens is 6. The molecular formula is C29H34N8O5S. The Morgan fingerprint density at radius 2 is 1.93 bits per heavy atom. The van der Waals surface area contributed by atoms with Crippen LogP contribution in [0.3, 0.4) is 0 Å². The van der Waals surface area contributed by atoms with E-state index in [4.69, 9.17) is 19.6 Å². The lowest BCUT2D eigenvalue weighted by molar-refractivity contribution is 0.0283. The molecule has 14 heteroatoms. The first-order valence-corrected chi connectivity index (χ1v) is 15.3. The van der Waals surface area contributed by atoms with E-state index in [1.807, 2.05) is 26.8 Å². The minimum absolute atomic E-state index is 0.00354. The predicted molar refractivity (Wildman–Crippen MR) is 163 cm³/mol. The highest BCUT2D eigenvalue weighted by Crippen LogP contribution is 2.33. The Labute approximate surface area is 249 Å². The van der Waals surface area contributed by atoms with Gasteiger partial charge in [-0.05, 0) is 51.5 Å². The molecule has 5 rings (SSSR count). The van der Waals surface area contributed by atoms with Gasteiger partial charge in [-0.3, -0.25) is 9.71 Å². The van der Waals surface area contributed by atoms with Crippen molar-refractivity contribution < 1.29 is 22.7 Å². The molecule has 0 aliphatic rings. The molecule has 0 aliphatic heterocycles. The standard InChI is InChI=1S/C29H34N8O5S/c1-7-13-43(39,40)34-19-9-10-24(26(14-19)41-6)37-25-15-22(21-17-32-36-12-8-11-30-27(21)36)31-16-20(25)23(33-37)18-35(5)28(38)42-29(2,3)4/h8-12,14-17,34H,7,13,18H2,1-6H3. The first-order chi connectivity index (χ1) is 20.4. The Morgan fingerprint density at radius 3 is 2.65 bits per heavy atom. The quantitative estimate of drug-likeness (QED) is 0.253. The fourth-order valence-corrected chi connectivity index (χ4v) is 5.70. The monoisotopic (exact) mass is 606 g/mol. The largest absolute Gasteiger partial charge is 0.494 e. The first kappa shape index (κ1) is 29.8. The number of ether oxygens (including phenoxy) is 2. The number of benzene rings is 1. The molecule has 0 bridgehead atoms. The number of amides is 1. The van der Waals surface area contributed by atoms with E-state index < -0.39 is 21.7 Å². The number of nitrogens with one attached hydrogen (secondary N) is 1. The maximum Gasteiger partial charge on any atom is 0.410 e. The van der Waals surface area contributed by atoms with Gasteiger partial charge >= 0.3 is 6.09 Å². The molecule has 0 spiro atoms. The van der Waals surface area contributed by atoms with Crippen molar-refractivity contribution in [1.82, 2.24) is 34.3 Å². The number of methoxy groups -OCH3 is 1. The second-order valence-electron chi connectivity index (χ2n) is 11.0. The summed E-state index contributed by atoms with van der Waals surface area (Å²) in [6, 6.07) is 8.67. The third-order valence-electron chi connectivity index (χ3n) is 6.44. The van der Waals surface area contributed by atoms with Crippen molar-refractivity contribution in [3.8, 4) is 22.7 Å². The average molecular weight is 607 g/mol. The van der Waals surface area contributed by atoms with Crippen molar-refractivity contribution in [2.24, 2.45) is 0 Å². The summed E-state index contributed by atoms with van der Waals surface area (Å²) in [4.78, 5) is 23.4. The Balaban J connectivity index is 1.63. The molecule has 0 saturated heterocycles. The van der Waals surface area contributed by atoms with Crippen molar-refractivity contribution in [3.63, 3.8) is 0 Å². The molecule has 0 fully saturated rings. The van der Waals surface area contributed by atoms with E-state index in [1.165, 1.54) is 12.0 Å². The summed E-state index contributed by atoms with van der Waals surface area (Å²) in [5.41, 5.74) is 3.54. The fraction of sp³-hybridized carbons (Fsp3) is 0.345. The Bertz CT molecular complexity index is 1910. The zero-order chi connectivity index (χ0) is 30.9. The molecule has 0 unspecified atom stereocenters. The minimum atomic E-state index is -3.50. The van der Waals surface area contributed by atoms with Crippen LogP contribution in [0.15, 0.2) is 55.1 Å². The number of carbonyl (C=O) groups excluding carboxylic acids is 1. The number of hydrogen-bond acceptors (Lipinski definition) is 9. The number of fused-ring (bicyclic) bond motifs is 2. The van der Waals surface area contributed by atoms with Gasteiger partial charge in [-0.2, -0.15) is 10.2 Å². The number of anilines is 1. The maximum absolute atomic E-state index is 12.8. The van der Waals surface area contributed by atoms with Gasteiger partial charge < -0.3 is 14.4 Å². The molecule has 1 aromatic carbocycles. The minimum Gasteiger partial charge on any atom is -0.494 e. The van der Waals surface area contributed by atoms with Crippen LogP contribution in [0.2, 0.25) is 0 Å².